The monoisotopic (exact) mass is 610 g/mol. The molecular weight excluding hydrogens is 581 g/mol. The number of aliphatic hydroxyl groups is 1. The van der Waals surface area contributed by atoms with Gasteiger partial charge in [-0.3, -0.25) is 9.55 Å². The van der Waals surface area contributed by atoms with Gasteiger partial charge in [0.25, 0.3) is 0 Å². The van der Waals surface area contributed by atoms with Crippen LogP contribution < -0.4 is 4.74 Å². The molecule has 16 heteroatoms. The zero-order chi connectivity index (χ0) is 31.2. The Morgan fingerprint density at radius 1 is 1.18 bits per heavy atom. The molecule has 2 aliphatic heterocycles. The SMILES string of the molecule is Cc1c(-c2cc(OCC(C)(O)c3ccc(F)cn3)c3c(c2)ncn3C(F)F)nnn1C1CN(C(=O)N2CCN(C#N)CC2)C1. The van der Waals surface area contributed by atoms with Gasteiger partial charge in [-0.25, -0.2) is 18.9 Å². The molecule has 1 unspecified atom stereocenters. The average Bonchev–Trinajstić information content (AvgIpc) is 3.59. The predicted molar refractivity (Wildman–Crippen MR) is 149 cm³/mol. The number of alkyl halides is 2. The summed E-state index contributed by atoms with van der Waals surface area (Å²) in [5.74, 6) is -0.538. The number of urea groups is 1. The van der Waals surface area contributed by atoms with Crippen LogP contribution in [0.15, 0.2) is 36.8 Å². The summed E-state index contributed by atoms with van der Waals surface area (Å²) < 4.78 is 49.4. The third-order valence-corrected chi connectivity index (χ3v) is 8.00. The lowest BCUT2D eigenvalue weighted by molar-refractivity contribution is 0.00395. The third-order valence-electron chi connectivity index (χ3n) is 8.00. The van der Waals surface area contributed by atoms with E-state index in [-0.39, 0.29) is 41.2 Å². The third kappa shape index (κ3) is 5.34. The van der Waals surface area contributed by atoms with Crippen LogP contribution in [0.2, 0.25) is 0 Å². The fraction of sp³-hybridized carbons (Fsp3) is 0.429. The Bertz CT molecular complexity index is 1720. The van der Waals surface area contributed by atoms with Crippen LogP contribution >= 0.6 is 0 Å². The van der Waals surface area contributed by atoms with E-state index in [1.165, 1.54) is 19.1 Å². The highest BCUT2D eigenvalue weighted by Crippen LogP contribution is 2.36. The van der Waals surface area contributed by atoms with Crippen molar-refractivity contribution in [2.24, 2.45) is 0 Å². The fourth-order valence-electron chi connectivity index (χ4n) is 5.43. The number of ether oxygens (including phenoxy) is 1. The number of rotatable bonds is 7. The molecule has 2 saturated heterocycles. The van der Waals surface area contributed by atoms with E-state index in [0.29, 0.717) is 60.8 Å². The van der Waals surface area contributed by atoms with E-state index in [1.807, 2.05) is 6.92 Å². The van der Waals surface area contributed by atoms with Crippen molar-refractivity contribution in [3.05, 3.63) is 54.0 Å². The lowest BCUT2D eigenvalue weighted by Crippen LogP contribution is -2.58. The lowest BCUT2D eigenvalue weighted by atomic mass is 10.0. The number of piperazine rings is 1. The van der Waals surface area contributed by atoms with E-state index in [0.717, 1.165) is 18.6 Å². The van der Waals surface area contributed by atoms with Gasteiger partial charge in [-0.2, -0.15) is 14.0 Å². The van der Waals surface area contributed by atoms with Crippen LogP contribution in [0.1, 0.15) is 30.9 Å². The van der Waals surface area contributed by atoms with E-state index in [4.69, 9.17) is 10.00 Å². The molecule has 6 rings (SSSR count). The molecule has 44 heavy (non-hydrogen) atoms. The van der Waals surface area contributed by atoms with Crippen LogP contribution in [-0.2, 0) is 5.60 Å². The number of amides is 2. The molecular formula is C28H29F3N10O3. The second-order valence-corrected chi connectivity index (χ2v) is 11.1. The standard InChI is InChI=1S/C28H29F3N10O3/c1-17-24(35-36-41(17)20-12-39(13-20)27(42)38-7-5-37(15-32)6-8-38)18-9-21-25(40(16-34-21)26(30)31)22(10-18)44-14-28(2,43)23-4-3-19(29)11-33-23/h3-4,9-11,16,20,26,43H,5-8,12-14H2,1-2H3. The highest BCUT2D eigenvalue weighted by atomic mass is 19.3. The number of nitriles is 1. The largest absolute Gasteiger partial charge is 0.488 e. The van der Waals surface area contributed by atoms with Gasteiger partial charge in [-0.15, -0.1) is 5.10 Å². The number of likely N-dealkylation sites (tertiary alicyclic amines) is 1. The first-order valence-electron chi connectivity index (χ1n) is 13.9. The number of nitrogens with zero attached hydrogens (tertiary/aromatic N) is 10. The first kappa shape index (κ1) is 29.2. The molecule has 1 atom stereocenters. The van der Waals surface area contributed by atoms with Crippen molar-refractivity contribution in [1.82, 2.24) is 44.2 Å². The number of fused-ring (bicyclic) bond motifs is 1. The Morgan fingerprint density at radius 2 is 1.93 bits per heavy atom. The second kappa shape index (κ2) is 11.3. The maximum absolute atomic E-state index is 13.9. The lowest BCUT2D eigenvalue weighted by Gasteiger charge is -2.43. The summed E-state index contributed by atoms with van der Waals surface area (Å²) in [6.45, 7) is 2.88. The summed E-state index contributed by atoms with van der Waals surface area (Å²) in [5, 5.41) is 28.7. The molecule has 4 aromatic rings. The van der Waals surface area contributed by atoms with Gasteiger partial charge in [0, 0.05) is 44.8 Å². The minimum atomic E-state index is -2.89. The van der Waals surface area contributed by atoms with E-state index < -0.39 is 18.0 Å². The first-order chi connectivity index (χ1) is 21.1. The molecule has 2 aliphatic rings. The zero-order valence-corrected chi connectivity index (χ0v) is 23.9. The molecule has 0 aliphatic carbocycles. The van der Waals surface area contributed by atoms with Crippen LogP contribution in [0.25, 0.3) is 22.3 Å². The summed E-state index contributed by atoms with van der Waals surface area (Å²) in [4.78, 5) is 26.1. The van der Waals surface area contributed by atoms with E-state index in [1.54, 1.807) is 25.4 Å². The predicted octanol–water partition coefficient (Wildman–Crippen LogP) is 2.89. The highest BCUT2D eigenvalue weighted by molar-refractivity contribution is 5.87. The van der Waals surface area contributed by atoms with Crippen LogP contribution in [-0.4, -0.2) is 101 Å². The van der Waals surface area contributed by atoms with Crippen molar-refractivity contribution in [2.45, 2.75) is 32.0 Å². The molecule has 2 amide bonds. The molecule has 1 N–H and O–H groups in total. The van der Waals surface area contributed by atoms with E-state index in [2.05, 4.69) is 26.5 Å². The van der Waals surface area contributed by atoms with Gasteiger partial charge in [-0.1, -0.05) is 5.21 Å². The number of hydrogen-bond acceptors (Lipinski definition) is 9. The van der Waals surface area contributed by atoms with Crippen molar-refractivity contribution < 1.29 is 27.8 Å². The molecule has 0 radical (unpaired) electrons. The second-order valence-electron chi connectivity index (χ2n) is 11.1. The number of carbonyl (C=O) groups is 1. The summed E-state index contributed by atoms with van der Waals surface area (Å²) in [5.41, 5.74) is 0.423. The van der Waals surface area contributed by atoms with Crippen molar-refractivity contribution in [1.29, 1.82) is 5.26 Å². The number of pyridine rings is 1. The van der Waals surface area contributed by atoms with Crippen LogP contribution in [0.3, 0.4) is 0 Å². The molecule has 230 valence electrons. The minimum Gasteiger partial charge on any atom is -0.488 e. The number of halogens is 3. The molecule has 3 aromatic heterocycles. The number of aromatic nitrogens is 6. The quantitative estimate of drug-likeness (QED) is 0.313. The fourth-order valence-corrected chi connectivity index (χ4v) is 5.43. The summed E-state index contributed by atoms with van der Waals surface area (Å²) in [6.07, 6.45) is 4.08. The Balaban J connectivity index is 1.22. The van der Waals surface area contributed by atoms with Crippen molar-refractivity contribution in [3.63, 3.8) is 0 Å². The normalized spacial score (nSPS) is 17.1. The van der Waals surface area contributed by atoms with Gasteiger partial charge in [0.15, 0.2) is 6.19 Å². The topological polar surface area (TPSA) is 141 Å². The van der Waals surface area contributed by atoms with Gasteiger partial charge in [0.1, 0.15) is 41.3 Å². The Labute approximate surface area is 249 Å². The number of benzene rings is 1. The molecule has 1 aromatic carbocycles. The number of imidazole rings is 1. The number of carbonyl (C=O) groups excluding carboxylic acids is 1. The molecule has 5 heterocycles. The van der Waals surface area contributed by atoms with Gasteiger partial charge < -0.3 is 24.5 Å². The molecule has 13 nitrogen and oxygen atoms in total. The molecule has 2 fully saturated rings. The minimum absolute atomic E-state index is 0.0282. The van der Waals surface area contributed by atoms with E-state index in [9.17, 15) is 23.1 Å². The Hall–Kier alpha value is -4.91. The van der Waals surface area contributed by atoms with Crippen molar-refractivity contribution >= 4 is 17.1 Å². The van der Waals surface area contributed by atoms with Crippen molar-refractivity contribution in [3.8, 4) is 23.2 Å². The smallest absolute Gasteiger partial charge is 0.320 e. The van der Waals surface area contributed by atoms with Crippen LogP contribution in [0.4, 0.5) is 18.0 Å². The summed E-state index contributed by atoms with van der Waals surface area (Å²) >= 11 is 0. The van der Waals surface area contributed by atoms with Gasteiger partial charge in [-0.05, 0) is 38.1 Å². The summed E-state index contributed by atoms with van der Waals surface area (Å²) in [6, 6.07) is 5.44. The average molecular weight is 611 g/mol. The molecule has 0 bridgehead atoms. The first-order valence-corrected chi connectivity index (χ1v) is 13.9. The number of hydrogen-bond donors (Lipinski definition) is 1. The molecule has 0 spiro atoms. The zero-order valence-electron chi connectivity index (χ0n) is 23.9. The van der Waals surface area contributed by atoms with Gasteiger partial charge in [0.2, 0.25) is 0 Å². The summed E-state index contributed by atoms with van der Waals surface area (Å²) in [7, 11) is 0. The van der Waals surface area contributed by atoms with Crippen molar-refractivity contribution in [2.75, 3.05) is 45.9 Å². The highest BCUT2D eigenvalue weighted by Gasteiger charge is 2.37. The van der Waals surface area contributed by atoms with Gasteiger partial charge >= 0.3 is 12.6 Å². The van der Waals surface area contributed by atoms with E-state index >= 15 is 0 Å². The van der Waals surface area contributed by atoms with Gasteiger partial charge in [0.05, 0.1) is 29.1 Å². The maximum Gasteiger partial charge on any atom is 0.320 e. The Kier molecular flexibility index (Phi) is 7.49. The van der Waals surface area contributed by atoms with Crippen LogP contribution in [0, 0.1) is 24.2 Å². The maximum atomic E-state index is 13.9. The molecule has 0 saturated carbocycles. The Morgan fingerprint density at radius 3 is 2.59 bits per heavy atom. The van der Waals surface area contributed by atoms with Crippen LogP contribution in [0.5, 0.6) is 5.75 Å².